The summed E-state index contributed by atoms with van der Waals surface area (Å²) in [6.07, 6.45) is 0. The highest BCUT2D eigenvalue weighted by molar-refractivity contribution is 9.10. The number of aromatic nitrogens is 1. The minimum absolute atomic E-state index is 0.179. The fourth-order valence-corrected chi connectivity index (χ4v) is 3.40. The van der Waals surface area contributed by atoms with E-state index in [0.717, 1.165) is 9.99 Å². The van der Waals surface area contributed by atoms with Crippen LogP contribution in [0.5, 0.6) is 0 Å². The van der Waals surface area contributed by atoms with Crippen molar-refractivity contribution in [1.82, 2.24) is 4.98 Å². The predicted molar refractivity (Wildman–Crippen MR) is 80.1 cm³/mol. The van der Waals surface area contributed by atoms with Crippen molar-refractivity contribution in [2.24, 2.45) is 0 Å². The third-order valence-corrected chi connectivity index (χ3v) is 4.73. The van der Waals surface area contributed by atoms with Gasteiger partial charge in [-0.25, -0.2) is 4.98 Å². The summed E-state index contributed by atoms with van der Waals surface area (Å²) in [6, 6.07) is 4.48. The van der Waals surface area contributed by atoms with Gasteiger partial charge in [0.2, 0.25) is 0 Å². The summed E-state index contributed by atoms with van der Waals surface area (Å²) in [4.78, 5) is 4.71. The van der Waals surface area contributed by atoms with Crippen molar-refractivity contribution in [3.8, 4) is 0 Å². The van der Waals surface area contributed by atoms with Gasteiger partial charge >= 0.3 is 0 Å². The Labute approximate surface area is 115 Å². The zero-order chi connectivity index (χ0) is 12.8. The maximum atomic E-state index is 4.71. The Balaban J connectivity index is 2.65. The predicted octanol–water partition coefficient (Wildman–Crippen LogP) is 5.48. The SMILES string of the molecule is CC(C)c1nc2c(Br)cc(C(C)(C)C)cc2s1. The fraction of sp³-hybridized carbons (Fsp3) is 0.500. The van der Waals surface area contributed by atoms with Crippen LogP contribution in [0.1, 0.15) is 51.1 Å². The zero-order valence-electron chi connectivity index (χ0n) is 11.0. The molecule has 0 unspecified atom stereocenters. The molecule has 1 heterocycles. The number of halogens is 1. The summed E-state index contributed by atoms with van der Waals surface area (Å²) < 4.78 is 2.40. The number of hydrogen-bond acceptors (Lipinski definition) is 2. The Morgan fingerprint density at radius 1 is 1.24 bits per heavy atom. The molecule has 17 heavy (non-hydrogen) atoms. The first-order valence-corrected chi connectivity index (χ1v) is 7.50. The first-order chi connectivity index (χ1) is 7.79. The minimum Gasteiger partial charge on any atom is -0.240 e. The monoisotopic (exact) mass is 311 g/mol. The van der Waals surface area contributed by atoms with Crippen LogP contribution in [0.4, 0.5) is 0 Å². The number of thiazole rings is 1. The van der Waals surface area contributed by atoms with Crippen LogP contribution >= 0.6 is 27.3 Å². The van der Waals surface area contributed by atoms with E-state index < -0.39 is 0 Å². The van der Waals surface area contributed by atoms with Gasteiger partial charge in [-0.3, -0.25) is 0 Å². The van der Waals surface area contributed by atoms with E-state index in [9.17, 15) is 0 Å². The van der Waals surface area contributed by atoms with Gasteiger partial charge in [-0.2, -0.15) is 0 Å². The molecule has 0 fully saturated rings. The molecule has 0 saturated heterocycles. The highest BCUT2D eigenvalue weighted by Crippen LogP contribution is 2.36. The van der Waals surface area contributed by atoms with Crippen LogP contribution in [-0.4, -0.2) is 4.98 Å². The van der Waals surface area contributed by atoms with Gasteiger partial charge in [-0.1, -0.05) is 34.6 Å². The maximum absolute atomic E-state index is 4.71. The number of nitrogens with zero attached hydrogens (tertiary/aromatic N) is 1. The standard InChI is InChI=1S/C14H18BrNS/c1-8(2)13-16-12-10(15)6-9(14(3,4)5)7-11(12)17-13/h6-8H,1-5H3. The van der Waals surface area contributed by atoms with Crippen molar-refractivity contribution in [3.63, 3.8) is 0 Å². The molecule has 0 amide bonds. The molecule has 0 saturated carbocycles. The molecule has 0 aliphatic heterocycles. The van der Waals surface area contributed by atoms with E-state index >= 15 is 0 Å². The van der Waals surface area contributed by atoms with Crippen LogP contribution in [0, 0.1) is 0 Å². The second-order valence-electron chi connectivity index (χ2n) is 5.76. The Morgan fingerprint density at radius 3 is 2.41 bits per heavy atom. The lowest BCUT2D eigenvalue weighted by molar-refractivity contribution is 0.591. The molecule has 2 rings (SSSR count). The number of benzene rings is 1. The molecule has 0 bridgehead atoms. The van der Waals surface area contributed by atoms with Crippen molar-refractivity contribution < 1.29 is 0 Å². The Hall–Kier alpha value is -0.410. The van der Waals surface area contributed by atoms with Gasteiger partial charge in [0.05, 0.1) is 15.2 Å². The first kappa shape index (κ1) is 13.0. The highest BCUT2D eigenvalue weighted by atomic mass is 79.9. The third-order valence-electron chi connectivity index (χ3n) is 2.82. The largest absolute Gasteiger partial charge is 0.240 e. The van der Waals surface area contributed by atoms with E-state index in [-0.39, 0.29) is 5.41 Å². The van der Waals surface area contributed by atoms with Gasteiger partial charge in [-0.05, 0) is 39.0 Å². The van der Waals surface area contributed by atoms with E-state index in [2.05, 4.69) is 62.7 Å². The van der Waals surface area contributed by atoms with Crippen LogP contribution in [0.2, 0.25) is 0 Å². The average Bonchev–Trinajstić information content (AvgIpc) is 2.60. The Morgan fingerprint density at radius 2 is 1.88 bits per heavy atom. The van der Waals surface area contributed by atoms with Crippen molar-refractivity contribution in [3.05, 3.63) is 27.2 Å². The van der Waals surface area contributed by atoms with E-state index in [1.54, 1.807) is 0 Å². The van der Waals surface area contributed by atoms with Crippen LogP contribution in [-0.2, 0) is 5.41 Å². The average molecular weight is 312 g/mol. The van der Waals surface area contributed by atoms with Crippen molar-refractivity contribution in [1.29, 1.82) is 0 Å². The molecule has 1 aromatic heterocycles. The fourth-order valence-electron chi connectivity index (χ4n) is 1.69. The van der Waals surface area contributed by atoms with Crippen molar-refractivity contribution in [2.75, 3.05) is 0 Å². The van der Waals surface area contributed by atoms with Gasteiger partial charge in [-0.15, -0.1) is 11.3 Å². The Kier molecular flexibility index (Phi) is 3.34. The van der Waals surface area contributed by atoms with E-state index in [4.69, 9.17) is 4.98 Å². The maximum Gasteiger partial charge on any atom is 0.0964 e. The highest BCUT2D eigenvalue weighted by Gasteiger charge is 2.18. The summed E-state index contributed by atoms with van der Waals surface area (Å²) in [5.41, 5.74) is 2.64. The van der Waals surface area contributed by atoms with Crippen LogP contribution in [0.15, 0.2) is 16.6 Å². The van der Waals surface area contributed by atoms with Gasteiger partial charge in [0, 0.05) is 10.4 Å². The van der Waals surface area contributed by atoms with Crippen molar-refractivity contribution >= 4 is 37.5 Å². The molecular formula is C14H18BrNS. The lowest BCUT2D eigenvalue weighted by Crippen LogP contribution is -2.10. The number of fused-ring (bicyclic) bond motifs is 1. The lowest BCUT2D eigenvalue weighted by Gasteiger charge is -2.19. The number of rotatable bonds is 1. The van der Waals surface area contributed by atoms with E-state index in [0.29, 0.717) is 5.92 Å². The summed E-state index contributed by atoms with van der Waals surface area (Å²) in [5, 5.41) is 1.21. The molecule has 0 spiro atoms. The normalized spacial score (nSPS) is 12.6. The van der Waals surface area contributed by atoms with Gasteiger partial charge in [0.1, 0.15) is 0 Å². The first-order valence-electron chi connectivity index (χ1n) is 5.89. The summed E-state index contributed by atoms with van der Waals surface area (Å²) >= 11 is 5.46. The van der Waals surface area contributed by atoms with Gasteiger partial charge in [0.25, 0.3) is 0 Å². The van der Waals surface area contributed by atoms with Crippen LogP contribution in [0.3, 0.4) is 0 Å². The van der Waals surface area contributed by atoms with Crippen molar-refractivity contribution in [2.45, 2.75) is 46.0 Å². The molecule has 0 aliphatic carbocycles. The molecule has 1 aromatic carbocycles. The second-order valence-corrected chi connectivity index (χ2v) is 7.68. The molecule has 92 valence electrons. The topological polar surface area (TPSA) is 12.9 Å². The summed E-state index contributed by atoms with van der Waals surface area (Å²) in [5.74, 6) is 0.498. The number of hydrogen-bond donors (Lipinski definition) is 0. The molecule has 0 N–H and O–H groups in total. The molecular weight excluding hydrogens is 294 g/mol. The van der Waals surface area contributed by atoms with Gasteiger partial charge in [0.15, 0.2) is 0 Å². The molecule has 1 nitrogen and oxygen atoms in total. The summed E-state index contributed by atoms with van der Waals surface area (Å²) in [7, 11) is 0. The minimum atomic E-state index is 0.179. The quantitative estimate of drug-likeness (QED) is 0.679. The molecule has 2 aromatic rings. The Bertz CT molecular complexity index is 549. The van der Waals surface area contributed by atoms with E-state index in [1.807, 2.05) is 11.3 Å². The van der Waals surface area contributed by atoms with Crippen LogP contribution < -0.4 is 0 Å². The van der Waals surface area contributed by atoms with Crippen LogP contribution in [0.25, 0.3) is 10.2 Å². The third kappa shape index (κ3) is 2.55. The lowest BCUT2D eigenvalue weighted by atomic mass is 9.87. The molecule has 0 radical (unpaired) electrons. The van der Waals surface area contributed by atoms with Gasteiger partial charge < -0.3 is 0 Å². The smallest absolute Gasteiger partial charge is 0.0964 e. The molecule has 0 atom stereocenters. The zero-order valence-corrected chi connectivity index (χ0v) is 13.4. The molecule has 0 aliphatic rings. The van der Waals surface area contributed by atoms with E-state index in [1.165, 1.54) is 15.3 Å². The molecule has 3 heteroatoms. The summed E-state index contributed by atoms with van der Waals surface area (Å²) in [6.45, 7) is 11.1. The second kappa shape index (κ2) is 4.36.